The Hall–Kier alpha value is -2.29. The number of hydrogen-bond donors (Lipinski definition) is 1. The molecule has 0 saturated carbocycles. The summed E-state index contributed by atoms with van der Waals surface area (Å²) in [6.45, 7) is 5.31. The van der Waals surface area contributed by atoms with E-state index in [0.717, 1.165) is 17.7 Å². The Morgan fingerprint density at radius 1 is 1.10 bits per heavy atom. The average molecular weight is 283 g/mol. The molecule has 2 rings (SSSR count). The summed E-state index contributed by atoms with van der Waals surface area (Å²) in [4.78, 5) is 11.8. The molecule has 0 bridgehead atoms. The van der Waals surface area contributed by atoms with E-state index in [1.807, 2.05) is 49.4 Å². The van der Waals surface area contributed by atoms with Crippen LogP contribution < -0.4 is 10.1 Å². The van der Waals surface area contributed by atoms with Crippen LogP contribution in [-0.4, -0.2) is 19.1 Å². The van der Waals surface area contributed by atoms with Crippen LogP contribution in [-0.2, 0) is 0 Å². The van der Waals surface area contributed by atoms with Gasteiger partial charge >= 0.3 is 0 Å². The molecule has 0 radical (unpaired) electrons. The first-order chi connectivity index (χ1) is 10.2. The van der Waals surface area contributed by atoms with Crippen molar-refractivity contribution < 1.29 is 9.53 Å². The molecule has 2 aromatic rings. The zero-order valence-electron chi connectivity index (χ0n) is 12.6. The molecule has 1 amide bonds. The Kier molecular flexibility index (Phi) is 5.38. The van der Waals surface area contributed by atoms with Gasteiger partial charge in [0.1, 0.15) is 5.75 Å². The molecule has 0 fully saturated rings. The van der Waals surface area contributed by atoms with E-state index in [1.165, 1.54) is 5.56 Å². The highest BCUT2D eigenvalue weighted by Gasteiger charge is 2.03. The molecule has 0 atom stereocenters. The molecule has 1 N–H and O–H groups in total. The van der Waals surface area contributed by atoms with Gasteiger partial charge in [0.15, 0.2) is 0 Å². The van der Waals surface area contributed by atoms with Gasteiger partial charge in [0.2, 0.25) is 0 Å². The molecule has 21 heavy (non-hydrogen) atoms. The number of nitrogens with one attached hydrogen (secondary N) is 1. The van der Waals surface area contributed by atoms with Crippen LogP contribution in [0, 0.1) is 13.8 Å². The zero-order valence-corrected chi connectivity index (χ0v) is 12.6. The number of amides is 1. The molecular formula is C18H21NO2. The van der Waals surface area contributed by atoms with Crippen LogP contribution in [0.3, 0.4) is 0 Å². The number of carbonyl (C=O) groups is 1. The van der Waals surface area contributed by atoms with E-state index < -0.39 is 0 Å². The van der Waals surface area contributed by atoms with E-state index in [2.05, 4.69) is 18.3 Å². The fourth-order valence-corrected chi connectivity index (χ4v) is 2.11. The van der Waals surface area contributed by atoms with Gasteiger partial charge in [0.25, 0.3) is 5.91 Å². The summed E-state index contributed by atoms with van der Waals surface area (Å²) in [5.41, 5.74) is 3.06. The largest absolute Gasteiger partial charge is 0.493 e. The predicted octanol–water partition coefficient (Wildman–Crippen LogP) is 3.50. The second kappa shape index (κ2) is 7.48. The Labute approximate surface area is 126 Å². The second-order valence-electron chi connectivity index (χ2n) is 5.09. The minimum Gasteiger partial charge on any atom is -0.493 e. The van der Waals surface area contributed by atoms with E-state index in [9.17, 15) is 4.79 Å². The van der Waals surface area contributed by atoms with Gasteiger partial charge in [-0.15, -0.1) is 0 Å². The maximum Gasteiger partial charge on any atom is 0.251 e. The topological polar surface area (TPSA) is 38.3 Å². The van der Waals surface area contributed by atoms with Crippen molar-refractivity contribution in [1.29, 1.82) is 0 Å². The van der Waals surface area contributed by atoms with Crippen LogP contribution in [0.1, 0.15) is 27.9 Å². The number of benzene rings is 2. The van der Waals surface area contributed by atoms with Crippen molar-refractivity contribution in [1.82, 2.24) is 5.32 Å². The van der Waals surface area contributed by atoms with Crippen molar-refractivity contribution in [3.63, 3.8) is 0 Å². The molecule has 2 aromatic carbocycles. The minimum absolute atomic E-state index is 0.0397. The van der Waals surface area contributed by atoms with Gasteiger partial charge in [-0.25, -0.2) is 0 Å². The fraction of sp³-hybridized carbons (Fsp3) is 0.278. The summed E-state index contributed by atoms with van der Waals surface area (Å²) in [5.74, 6) is 0.872. The van der Waals surface area contributed by atoms with Crippen LogP contribution >= 0.6 is 0 Å². The van der Waals surface area contributed by atoms with Gasteiger partial charge in [-0.1, -0.05) is 35.9 Å². The molecule has 110 valence electrons. The highest BCUT2D eigenvalue weighted by atomic mass is 16.5. The zero-order chi connectivity index (χ0) is 15.1. The first-order valence-corrected chi connectivity index (χ1v) is 7.20. The number of rotatable bonds is 6. The van der Waals surface area contributed by atoms with Crippen LogP contribution in [0.25, 0.3) is 0 Å². The molecule has 0 saturated heterocycles. The second-order valence-corrected chi connectivity index (χ2v) is 5.09. The van der Waals surface area contributed by atoms with Crippen molar-refractivity contribution in [2.24, 2.45) is 0 Å². The van der Waals surface area contributed by atoms with E-state index in [0.29, 0.717) is 18.7 Å². The van der Waals surface area contributed by atoms with Crippen molar-refractivity contribution in [2.75, 3.05) is 13.2 Å². The van der Waals surface area contributed by atoms with Crippen LogP contribution in [0.15, 0.2) is 48.5 Å². The number of aryl methyl sites for hydroxylation is 2. The van der Waals surface area contributed by atoms with Gasteiger partial charge in [-0.05, 0) is 44.0 Å². The SMILES string of the molecule is Cc1ccc(OCCCNC(=O)c2ccccc2)c(C)c1. The van der Waals surface area contributed by atoms with E-state index in [-0.39, 0.29) is 5.91 Å². The molecule has 3 heteroatoms. The summed E-state index contributed by atoms with van der Waals surface area (Å²) >= 11 is 0. The molecule has 0 aromatic heterocycles. The van der Waals surface area contributed by atoms with Gasteiger partial charge < -0.3 is 10.1 Å². The molecule has 0 aliphatic heterocycles. The maximum atomic E-state index is 11.8. The number of hydrogen-bond acceptors (Lipinski definition) is 2. The lowest BCUT2D eigenvalue weighted by Gasteiger charge is -2.10. The average Bonchev–Trinajstić information content (AvgIpc) is 2.49. The number of carbonyl (C=O) groups excluding carboxylic acids is 1. The molecular weight excluding hydrogens is 262 g/mol. The van der Waals surface area contributed by atoms with Crippen LogP contribution in [0.2, 0.25) is 0 Å². The van der Waals surface area contributed by atoms with Crippen molar-refractivity contribution in [2.45, 2.75) is 20.3 Å². The monoisotopic (exact) mass is 283 g/mol. The Bertz CT molecular complexity index is 593. The lowest BCUT2D eigenvalue weighted by atomic mass is 10.1. The summed E-state index contributed by atoms with van der Waals surface area (Å²) in [7, 11) is 0. The Morgan fingerprint density at radius 2 is 1.86 bits per heavy atom. The van der Waals surface area contributed by atoms with E-state index >= 15 is 0 Å². The third kappa shape index (κ3) is 4.63. The third-order valence-corrected chi connectivity index (χ3v) is 3.23. The highest BCUT2D eigenvalue weighted by molar-refractivity contribution is 5.94. The van der Waals surface area contributed by atoms with Gasteiger partial charge in [-0.2, -0.15) is 0 Å². The lowest BCUT2D eigenvalue weighted by Crippen LogP contribution is -2.25. The molecule has 0 aliphatic carbocycles. The maximum absolute atomic E-state index is 11.8. The first kappa shape index (κ1) is 15.1. The van der Waals surface area contributed by atoms with Gasteiger partial charge in [0.05, 0.1) is 6.61 Å². The summed E-state index contributed by atoms with van der Waals surface area (Å²) < 4.78 is 5.73. The van der Waals surface area contributed by atoms with E-state index in [4.69, 9.17) is 4.74 Å². The van der Waals surface area contributed by atoms with Crippen LogP contribution in [0.4, 0.5) is 0 Å². The Morgan fingerprint density at radius 3 is 2.57 bits per heavy atom. The van der Waals surface area contributed by atoms with Gasteiger partial charge in [0, 0.05) is 12.1 Å². The normalized spacial score (nSPS) is 10.2. The molecule has 0 heterocycles. The third-order valence-electron chi connectivity index (χ3n) is 3.23. The molecule has 3 nitrogen and oxygen atoms in total. The Balaban J connectivity index is 1.69. The van der Waals surface area contributed by atoms with E-state index in [1.54, 1.807) is 0 Å². The summed E-state index contributed by atoms with van der Waals surface area (Å²) in [6.07, 6.45) is 0.784. The number of ether oxygens (including phenoxy) is 1. The summed E-state index contributed by atoms with van der Waals surface area (Å²) in [5, 5.41) is 2.89. The van der Waals surface area contributed by atoms with Gasteiger partial charge in [-0.3, -0.25) is 4.79 Å². The van der Waals surface area contributed by atoms with Crippen LogP contribution in [0.5, 0.6) is 5.75 Å². The lowest BCUT2D eigenvalue weighted by molar-refractivity contribution is 0.0951. The molecule has 0 spiro atoms. The first-order valence-electron chi connectivity index (χ1n) is 7.20. The standard InChI is InChI=1S/C18H21NO2/c1-14-9-10-17(15(2)13-14)21-12-6-11-19-18(20)16-7-4-3-5-8-16/h3-5,7-10,13H,6,11-12H2,1-2H3,(H,19,20). The quantitative estimate of drug-likeness (QED) is 0.824. The molecule has 0 unspecified atom stereocenters. The van der Waals surface area contributed by atoms with Crippen molar-refractivity contribution >= 4 is 5.91 Å². The van der Waals surface area contributed by atoms with Crippen molar-refractivity contribution in [3.05, 3.63) is 65.2 Å². The molecule has 0 aliphatic rings. The fourth-order valence-electron chi connectivity index (χ4n) is 2.11. The smallest absolute Gasteiger partial charge is 0.251 e. The highest BCUT2D eigenvalue weighted by Crippen LogP contribution is 2.18. The van der Waals surface area contributed by atoms with Crippen molar-refractivity contribution in [3.8, 4) is 5.75 Å². The minimum atomic E-state index is -0.0397. The predicted molar refractivity (Wildman–Crippen MR) is 84.8 cm³/mol. The summed E-state index contributed by atoms with van der Waals surface area (Å²) in [6, 6.07) is 15.4.